The molecule has 0 fully saturated rings. The molecule has 0 aliphatic heterocycles. The number of carbonyl (C=O) groups excluding carboxylic acids is 1. The second kappa shape index (κ2) is 6.27. The van der Waals surface area contributed by atoms with Gasteiger partial charge in [-0.1, -0.05) is 0 Å². The lowest BCUT2D eigenvalue weighted by Crippen LogP contribution is -2.14. The zero-order valence-corrected chi connectivity index (χ0v) is 12.8. The third-order valence-electron chi connectivity index (χ3n) is 3.31. The van der Waals surface area contributed by atoms with E-state index in [0.717, 1.165) is 5.69 Å². The molecule has 3 rings (SSSR count). The summed E-state index contributed by atoms with van der Waals surface area (Å²) >= 11 is 0. The third kappa shape index (κ3) is 3.34. The van der Waals surface area contributed by atoms with E-state index in [1.54, 1.807) is 41.5 Å². The van der Waals surface area contributed by atoms with Crippen molar-refractivity contribution < 1.29 is 4.79 Å². The fourth-order valence-corrected chi connectivity index (χ4v) is 2.05. The number of benzene rings is 1. The van der Waals surface area contributed by atoms with E-state index in [0.29, 0.717) is 17.2 Å². The largest absolute Gasteiger partial charge is 0.378 e. The summed E-state index contributed by atoms with van der Waals surface area (Å²) < 4.78 is 1.74. The SMILES string of the molecule is CN(C)c1ccc(C(=O)Nc2cc(-n3ccnc3)ncn2)cc1. The predicted molar refractivity (Wildman–Crippen MR) is 87.9 cm³/mol. The highest BCUT2D eigenvalue weighted by Crippen LogP contribution is 2.14. The molecule has 0 radical (unpaired) electrons. The van der Waals surface area contributed by atoms with Crippen molar-refractivity contribution in [3.8, 4) is 5.82 Å². The van der Waals surface area contributed by atoms with Crippen LogP contribution in [0.15, 0.2) is 55.4 Å². The number of rotatable bonds is 4. The summed E-state index contributed by atoms with van der Waals surface area (Å²) in [6, 6.07) is 9.04. The lowest BCUT2D eigenvalue weighted by Gasteiger charge is -2.12. The highest BCUT2D eigenvalue weighted by Gasteiger charge is 2.08. The fraction of sp³-hybridized carbons (Fsp3) is 0.125. The molecular weight excluding hydrogens is 292 g/mol. The van der Waals surface area contributed by atoms with Gasteiger partial charge >= 0.3 is 0 Å². The van der Waals surface area contributed by atoms with Crippen molar-refractivity contribution in [2.24, 2.45) is 0 Å². The third-order valence-corrected chi connectivity index (χ3v) is 3.31. The first-order valence-electron chi connectivity index (χ1n) is 7.02. The Hall–Kier alpha value is -3.22. The Morgan fingerprint density at radius 2 is 1.96 bits per heavy atom. The first kappa shape index (κ1) is 14.7. The maximum Gasteiger partial charge on any atom is 0.256 e. The highest BCUT2D eigenvalue weighted by molar-refractivity contribution is 6.04. The summed E-state index contributed by atoms with van der Waals surface area (Å²) in [6.07, 6.45) is 6.47. The number of nitrogens with one attached hydrogen (secondary N) is 1. The first-order valence-corrected chi connectivity index (χ1v) is 7.02. The second-order valence-electron chi connectivity index (χ2n) is 5.13. The van der Waals surface area contributed by atoms with Gasteiger partial charge in [-0.25, -0.2) is 15.0 Å². The van der Waals surface area contributed by atoms with E-state index in [1.807, 2.05) is 31.1 Å². The van der Waals surface area contributed by atoms with Crippen molar-refractivity contribution in [3.63, 3.8) is 0 Å². The van der Waals surface area contributed by atoms with Gasteiger partial charge in [0.05, 0.1) is 0 Å². The van der Waals surface area contributed by atoms with Crippen LogP contribution in [0.2, 0.25) is 0 Å². The fourth-order valence-electron chi connectivity index (χ4n) is 2.05. The van der Waals surface area contributed by atoms with Crippen molar-refractivity contribution in [1.29, 1.82) is 0 Å². The molecule has 23 heavy (non-hydrogen) atoms. The Labute approximate surface area is 133 Å². The number of nitrogens with zero attached hydrogens (tertiary/aromatic N) is 5. The van der Waals surface area contributed by atoms with E-state index in [-0.39, 0.29) is 5.91 Å². The van der Waals surface area contributed by atoms with Gasteiger partial charge in [0.2, 0.25) is 0 Å². The number of aromatic nitrogens is 4. The monoisotopic (exact) mass is 308 g/mol. The summed E-state index contributed by atoms with van der Waals surface area (Å²) in [5.74, 6) is 0.853. The van der Waals surface area contributed by atoms with Crippen molar-refractivity contribution in [2.45, 2.75) is 0 Å². The lowest BCUT2D eigenvalue weighted by atomic mass is 10.2. The maximum atomic E-state index is 12.3. The molecule has 0 unspecified atom stereocenters. The molecular formula is C16H16N6O. The van der Waals surface area contributed by atoms with Crippen molar-refractivity contribution in [2.75, 3.05) is 24.3 Å². The van der Waals surface area contributed by atoms with Crippen LogP contribution in [0.5, 0.6) is 0 Å². The van der Waals surface area contributed by atoms with Crippen molar-refractivity contribution in [1.82, 2.24) is 19.5 Å². The molecule has 2 heterocycles. The number of hydrogen-bond acceptors (Lipinski definition) is 5. The van der Waals surface area contributed by atoms with Crippen molar-refractivity contribution in [3.05, 3.63) is 60.9 Å². The van der Waals surface area contributed by atoms with Gasteiger partial charge in [-0.05, 0) is 24.3 Å². The molecule has 7 nitrogen and oxygen atoms in total. The van der Waals surface area contributed by atoms with Gasteiger partial charge in [0.15, 0.2) is 0 Å². The number of imidazole rings is 1. The number of carbonyl (C=O) groups is 1. The molecule has 0 saturated heterocycles. The predicted octanol–water partition coefficient (Wildman–Crippen LogP) is 1.98. The van der Waals surface area contributed by atoms with E-state index in [9.17, 15) is 4.79 Å². The minimum Gasteiger partial charge on any atom is -0.378 e. The molecule has 1 amide bonds. The van der Waals surface area contributed by atoms with Gasteiger partial charge in [-0.15, -0.1) is 0 Å². The average molecular weight is 308 g/mol. The van der Waals surface area contributed by atoms with Crippen LogP contribution in [0.25, 0.3) is 5.82 Å². The van der Waals surface area contributed by atoms with Crippen LogP contribution in [-0.2, 0) is 0 Å². The molecule has 116 valence electrons. The summed E-state index contributed by atoms with van der Waals surface area (Å²) in [6.45, 7) is 0. The van der Waals surface area contributed by atoms with E-state index in [2.05, 4.69) is 20.3 Å². The van der Waals surface area contributed by atoms with Gasteiger partial charge in [-0.3, -0.25) is 9.36 Å². The Balaban J connectivity index is 1.76. The molecule has 0 spiro atoms. The van der Waals surface area contributed by atoms with E-state index in [4.69, 9.17) is 0 Å². The van der Waals surface area contributed by atoms with Gasteiger partial charge in [0.1, 0.15) is 24.3 Å². The Kier molecular flexibility index (Phi) is 4.01. The van der Waals surface area contributed by atoms with Gasteiger partial charge < -0.3 is 10.2 Å². The normalized spacial score (nSPS) is 10.3. The second-order valence-corrected chi connectivity index (χ2v) is 5.13. The first-order chi connectivity index (χ1) is 11.1. The summed E-state index contributed by atoms with van der Waals surface area (Å²) in [4.78, 5) is 26.5. The molecule has 0 aliphatic carbocycles. The highest BCUT2D eigenvalue weighted by atomic mass is 16.1. The van der Waals surface area contributed by atoms with Crippen LogP contribution in [0.1, 0.15) is 10.4 Å². The lowest BCUT2D eigenvalue weighted by molar-refractivity contribution is 0.102. The minimum absolute atomic E-state index is 0.217. The van der Waals surface area contributed by atoms with Crippen LogP contribution in [-0.4, -0.2) is 39.5 Å². The molecule has 0 bridgehead atoms. The average Bonchev–Trinajstić information content (AvgIpc) is 3.10. The Bertz CT molecular complexity index is 796. The molecule has 0 saturated carbocycles. The standard InChI is InChI=1S/C16H16N6O/c1-21(2)13-5-3-12(4-6-13)16(23)20-14-9-15(19-10-18-14)22-8-7-17-11-22/h3-11H,1-2H3,(H,18,19,20,23). The molecule has 2 aromatic heterocycles. The Morgan fingerprint density at radius 1 is 1.17 bits per heavy atom. The van der Waals surface area contributed by atoms with Crippen LogP contribution in [0.3, 0.4) is 0 Å². The zero-order valence-electron chi connectivity index (χ0n) is 12.8. The summed E-state index contributed by atoms with van der Waals surface area (Å²) in [7, 11) is 3.90. The quantitative estimate of drug-likeness (QED) is 0.797. The van der Waals surface area contributed by atoms with E-state index in [1.165, 1.54) is 6.33 Å². The van der Waals surface area contributed by atoms with Crippen molar-refractivity contribution >= 4 is 17.4 Å². The maximum absolute atomic E-state index is 12.3. The summed E-state index contributed by atoms with van der Waals surface area (Å²) in [5.41, 5.74) is 1.60. The van der Waals surface area contributed by atoms with Gasteiger partial charge in [0, 0.05) is 43.8 Å². The molecule has 1 aromatic carbocycles. The van der Waals surface area contributed by atoms with Gasteiger partial charge in [-0.2, -0.15) is 0 Å². The smallest absolute Gasteiger partial charge is 0.256 e. The minimum atomic E-state index is -0.217. The molecule has 1 N–H and O–H groups in total. The summed E-state index contributed by atoms with van der Waals surface area (Å²) in [5, 5.41) is 2.77. The number of amides is 1. The van der Waals surface area contributed by atoms with Crippen LogP contribution in [0.4, 0.5) is 11.5 Å². The van der Waals surface area contributed by atoms with Crippen LogP contribution < -0.4 is 10.2 Å². The zero-order chi connectivity index (χ0) is 16.2. The topological polar surface area (TPSA) is 75.9 Å². The van der Waals surface area contributed by atoms with Crippen LogP contribution >= 0.6 is 0 Å². The number of hydrogen-bond donors (Lipinski definition) is 1. The van der Waals surface area contributed by atoms with E-state index >= 15 is 0 Å². The van der Waals surface area contributed by atoms with E-state index < -0.39 is 0 Å². The molecule has 0 aliphatic rings. The number of anilines is 2. The molecule has 0 atom stereocenters. The van der Waals surface area contributed by atoms with Gasteiger partial charge in [0.25, 0.3) is 5.91 Å². The molecule has 7 heteroatoms. The molecule has 3 aromatic rings. The Morgan fingerprint density at radius 3 is 2.61 bits per heavy atom. The van der Waals surface area contributed by atoms with Crippen LogP contribution in [0, 0.1) is 0 Å².